The Labute approximate surface area is 188 Å². The quantitative estimate of drug-likeness (QED) is 0.542. The molecule has 164 valence electrons. The molecule has 1 heterocycles. The van der Waals surface area contributed by atoms with Crippen molar-refractivity contribution < 1.29 is 9.53 Å². The van der Waals surface area contributed by atoms with Gasteiger partial charge in [0.25, 0.3) is 5.91 Å². The molecule has 2 aromatic carbocycles. The maximum Gasteiger partial charge on any atom is 0.273 e. The number of halogens is 1. The first-order valence-electron chi connectivity index (χ1n) is 10.3. The van der Waals surface area contributed by atoms with Gasteiger partial charge in [-0.2, -0.15) is 0 Å². The first-order chi connectivity index (χ1) is 15.0. The monoisotopic (exact) mass is 441 g/mol. The summed E-state index contributed by atoms with van der Waals surface area (Å²) in [5.74, 6) is 0.534. The lowest BCUT2D eigenvalue weighted by molar-refractivity contribution is 0.0929. The van der Waals surface area contributed by atoms with E-state index in [4.69, 9.17) is 16.3 Å². The number of methoxy groups -OCH3 is 1. The van der Waals surface area contributed by atoms with Crippen LogP contribution in [0.15, 0.2) is 48.5 Å². The van der Waals surface area contributed by atoms with Crippen LogP contribution in [0.3, 0.4) is 0 Å². The first-order valence-corrected chi connectivity index (χ1v) is 10.7. The summed E-state index contributed by atoms with van der Waals surface area (Å²) in [6.07, 6.45) is 0. The zero-order valence-corrected chi connectivity index (χ0v) is 19.1. The maximum atomic E-state index is 12.9. The number of benzene rings is 2. The number of nitrogens with zero attached hydrogens (tertiary/aromatic N) is 4. The Morgan fingerprint density at radius 2 is 1.94 bits per heavy atom. The van der Waals surface area contributed by atoms with Gasteiger partial charge in [0.1, 0.15) is 5.75 Å². The van der Waals surface area contributed by atoms with Crippen molar-refractivity contribution in [2.24, 2.45) is 0 Å². The van der Waals surface area contributed by atoms with Crippen LogP contribution in [0, 0.1) is 6.92 Å². The zero-order chi connectivity index (χ0) is 22.4. The number of nitrogens with one attached hydrogen (secondary N) is 1. The lowest BCUT2D eigenvalue weighted by Crippen LogP contribution is -2.38. The van der Waals surface area contributed by atoms with Gasteiger partial charge in [0.2, 0.25) is 0 Å². The molecular weight excluding hydrogens is 414 g/mol. The summed E-state index contributed by atoms with van der Waals surface area (Å²) in [5.41, 5.74) is 2.79. The predicted octanol–water partition coefficient (Wildman–Crippen LogP) is 4.05. The highest BCUT2D eigenvalue weighted by molar-refractivity contribution is 6.30. The highest BCUT2D eigenvalue weighted by atomic mass is 35.5. The number of likely N-dealkylation sites (N-methyl/N-ethyl adjacent to an activating group) is 1. The molecule has 0 saturated carbocycles. The Bertz CT molecular complexity index is 1030. The molecule has 0 saturated heterocycles. The van der Waals surface area contributed by atoms with Crippen LogP contribution in [0.1, 0.15) is 41.6 Å². The van der Waals surface area contributed by atoms with Crippen LogP contribution in [0.5, 0.6) is 5.75 Å². The van der Waals surface area contributed by atoms with Crippen LogP contribution in [-0.4, -0.2) is 52.5 Å². The molecule has 0 fully saturated rings. The molecule has 7 nitrogen and oxygen atoms in total. The molecule has 1 N–H and O–H groups in total. The smallest absolute Gasteiger partial charge is 0.273 e. The van der Waals surface area contributed by atoms with Crippen molar-refractivity contribution in [3.63, 3.8) is 0 Å². The Balaban J connectivity index is 1.79. The van der Waals surface area contributed by atoms with Crippen molar-refractivity contribution in [3.05, 3.63) is 70.5 Å². The Morgan fingerprint density at radius 1 is 1.19 bits per heavy atom. The van der Waals surface area contributed by atoms with E-state index in [9.17, 15) is 4.79 Å². The third-order valence-electron chi connectivity index (χ3n) is 5.35. The highest BCUT2D eigenvalue weighted by Gasteiger charge is 2.22. The van der Waals surface area contributed by atoms with Crippen molar-refractivity contribution in [1.29, 1.82) is 0 Å². The molecule has 8 heteroatoms. The number of aromatic nitrogens is 3. The van der Waals surface area contributed by atoms with Gasteiger partial charge in [0.15, 0.2) is 5.69 Å². The van der Waals surface area contributed by atoms with E-state index in [0.717, 1.165) is 30.1 Å². The second kappa shape index (κ2) is 10.4. The van der Waals surface area contributed by atoms with E-state index >= 15 is 0 Å². The minimum Gasteiger partial charge on any atom is -0.497 e. The predicted molar refractivity (Wildman–Crippen MR) is 122 cm³/mol. The summed E-state index contributed by atoms with van der Waals surface area (Å²) in [6.45, 7) is 8.20. The number of carbonyl (C=O) groups is 1. The molecule has 0 aliphatic rings. The molecule has 0 aliphatic heterocycles. The second-order valence-corrected chi connectivity index (χ2v) is 7.58. The highest BCUT2D eigenvalue weighted by Crippen LogP contribution is 2.24. The fourth-order valence-corrected chi connectivity index (χ4v) is 3.82. The van der Waals surface area contributed by atoms with Gasteiger partial charge in [0, 0.05) is 11.6 Å². The first kappa shape index (κ1) is 22.8. The molecule has 0 radical (unpaired) electrons. The van der Waals surface area contributed by atoms with Gasteiger partial charge in [-0.25, -0.2) is 4.68 Å². The summed E-state index contributed by atoms with van der Waals surface area (Å²) in [7, 11) is 1.65. The average Bonchev–Trinajstić information content (AvgIpc) is 3.17. The Hall–Kier alpha value is -2.90. The van der Waals surface area contributed by atoms with Crippen LogP contribution < -0.4 is 10.1 Å². The lowest BCUT2D eigenvalue weighted by atomic mass is 10.0. The van der Waals surface area contributed by atoms with Gasteiger partial charge in [-0.15, -0.1) is 5.10 Å². The van der Waals surface area contributed by atoms with Crippen molar-refractivity contribution in [1.82, 2.24) is 25.2 Å². The lowest BCUT2D eigenvalue weighted by Gasteiger charge is -2.30. The summed E-state index contributed by atoms with van der Waals surface area (Å²) >= 11 is 6.08. The minimum absolute atomic E-state index is 0.0114. The molecule has 3 aromatic rings. The normalized spacial score (nSPS) is 12.1. The molecule has 0 spiro atoms. The van der Waals surface area contributed by atoms with E-state index < -0.39 is 0 Å². The van der Waals surface area contributed by atoms with E-state index in [2.05, 4.69) is 40.4 Å². The van der Waals surface area contributed by atoms with Crippen LogP contribution >= 0.6 is 11.6 Å². The van der Waals surface area contributed by atoms with Crippen molar-refractivity contribution in [2.45, 2.75) is 26.8 Å². The zero-order valence-electron chi connectivity index (χ0n) is 18.3. The summed E-state index contributed by atoms with van der Waals surface area (Å²) in [4.78, 5) is 15.2. The minimum atomic E-state index is -0.258. The summed E-state index contributed by atoms with van der Waals surface area (Å²) in [5, 5.41) is 11.9. The van der Waals surface area contributed by atoms with Gasteiger partial charge in [-0.3, -0.25) is 9.69 Å². The number of carbonyl (C=O) groups excluding carboxylic acids is 1. The van der Waals surface area contributed by atoms with Gasteiger partial charge in [-0.05, 0) is 55.9 Å². The van der Waals surface area contributed by atoms with E-state index in [1.165, 1.54) is 0 Å². The van der Waals surface area contributed by atoms with Crippen molar-refractivity contribution >= 4 is 17.5 Å². The molecule has 1 amide bonds. The molecule has 31 heavy (non-hydrogen) atoms. The van der Waals surface area contributed by atoms with Crippen LogP contribution in [-0.2, 0) is 0 Å². The van der Waals surface area contributed by atoms with E-state index in [-0.39, 0.29) is 11.9 Å². The second-order valence-electron chi connectivity index (χ2n) is 7.14. The number of rotatable bonds is 9. The summed E-state index contributed by atoms with van der Waals surface area (Å²) in [6, 6.07) is 15.2. The number of hydrogen-bond acceptors (Lipinski definition) is 5. The van der Waals surface area contributed by atoms with Crippen LogP contribution in [0.25, 0.3) is 5.69 Å². The molecular formula is C23H28ClN5O2. The van der Waals surface area contributed by atoms with Crippen molar-refractivity contribution in [3.8, 4) is 11.4 Å². The number of hydrogen-bond donors (Lipinski definition) is 1. The van der Waals surface area contributed by atoms with Crippen LogP contribution in [0.2, 0.25) is 5.02 Å². The topological polar surface area (TPSA) is 72.3 Å². The SMILES string of the molecule is CCN(CC)C(CNC(=O)c1nnn(-c2cccc(Cl)c2)c1C)c1cccc(OC)c1. The van der Waals surface area contributed by atoms with E-state index in [1.54, 1.807) is 23.9 Å². The Kier molecular flexibility index (Phi) is 7.65. The largest absolute Gasteiger partial charge is 0.497 e. The molecule has 3 rings (SSSR count). The summed E-state index contributed by atoms with van der Waals surface area (Å²) < 4.78 is 7.00. The van der Waals surface area contributed by atoms with E-state index in [1.807, 2.05) is 37.3 Å². The number of amides is 1. The van der Waals surface area contributed by atoms with E-state index in [0.29, 0.717) is 23.0 Å². The fourth-order valence-electron chi connectivity index (χ4n) is 3.64. The van der Waals surface area contributed by atoms with Gasteiger partial charge < -0.3 is 10.1 Å². The average molecular weight is 442 g/mol. The third-order valence-corrected chi connectivity index (χ3v) is 5.59. The Morgan fingerprint density at radius 3 is 2.61 bits per heavy atom. The third kappa shape index (κ3) is 5.24. The van der Waals surface area contributed by atoms with Crippen molar-refractivity contribution in [2.75, 3.05) is 26.7 Å². The van der Waals surface area contributed by atoms with Crippen LogP contribution in [0.4, 0.5) is 0 Å². The van der Waals surface area contributed by atoms with Gasteiger partial charge in [0.05, 0.1) is 24.5 Å². The van der Waals surface area contributed by atoms with Gasteiger partial charge >= 0.3 is 0 Å². The maximum absolute atomic E-state index is 12.9. The molecule has 1 unspecified atom stereocenters. The molecule has 0 bridgehead atoms. The molecule has 1 atom stereocenters. The number of ether oxygens (including phenoxy) is 1. The molecule has 1 aromatic heterocycles. The fraction of sp³-hybridized carbons (Fsp3) is 0.348. The molecule has 0 aliphatic carbocycles. The van der Waals surface area contributed by atoms with Gasteiger partial charge in [-0.1, -0.05) is 48.9 Å². The standard InChI is InChI=1S/C23H28ClN5O2/c1-5-28(6-2)21(17-9-7-12-20(13-17)31-4)15-25-23(30)22-16(3)29(27-26-22)19-11-8-10-18(24)14-19/h7-14,21H,5-6,15H2,1-4H3,(H,25,30).